The number of rotatable bonds is 17. The van der Waals surface area contributed by atoms with Crippen molar-refractivity contribution in [3.05, 3.63) is 18.6 Å². The van der Waals surface area contributed by atoms with Crippen molar-refractivity contribution in [1.82, 2.24) is 25.5 Å². The number of hydrogen-bond acceptors (Lipinski definition) is 10. The Labute approximate surface area is 223 Å². The van der Waals surface area contributed by atoms with Crippen LogP contribution in [0.4, 0.5) is 5.82 Å². The van der Waals surface area contributed by atoms with Gasteiger partial charge in [0.05, 0.1) is 18.3 Å². The molecular weight excluding hydrogens is 492 g/mol. The van der Waals surface area contributed by atoms with E-state index in [0.717, 1.165) is 6.29 Å². The predicted octanol–water partition coefficient (Wildman–Crippen LogP) is -0.945. The Bertz CT molecular complexity index is 888. The van der Waals surface area contributed by atoms with Gasteiger partial charge in [0.2, 0.25) is 17.7 Å². The number of aliphatic hydroxyl groups is 1. The highest BCUT2D eigenvalue weighted by molar-refractivity contribution is 5.94. The first-order chi connectivity index (χ1) is 18.3. The van der Waals surface area contributed by atoms with Gasteiger partial charge in [0.1, 0.15) is 30.2 Å². The van der Waals surface area contributed by atoms with E-state index in [4.69, 9.17) is 11.5 Å². The van der Waals surface area contributed by atoms with Gasteiger partial charge < -0.3 is 42.2 Å². The van der Waals surface area contributed by atoms with Crippen LogP contribution in [-0.2, 0) is 19.2 Å². The van der Waals surface area contributed by atoms with Crippen LogP contribution in [0, 0.1) is 0 Å². The minimum atomic E-state index is -1.31. The normalized spacial score (nSPS) is 18.2. The number of nitrogens with zero attached hydrogens (tertiary/aromatic N) is 3. The van der Waals surface area contributed by atoms with Crippen LogP contribution in [0.3, 0.4) is 0 Å². The first-order valence-electron chi connectivity index (χ1n) is 13.3. The maximum Gasteiger partial charge on any atom is 0.245 e. The zero-order chi connectivity index (χ0) is 27.9. The van der Waals surface area contributed by atoms with E-state index in [1.165, 1.54) is 30.4 Å². The molecule has 0 aromatic carbocycles. The SMILES string of the molecule is C[C@@H](O)[C@H](NC(=O)[C@H](CCCCN)Nc1cnccn1)C(=O)N[C@@H](CCCCN)C(=O)N1CCC[C@H]1C=O. The van der Waals surface area contributed by atoms with Gasteiger partial charge in [-0.15, -0.1) is 0 Å². The molecule has 1 aliphatic rings. The monoisotopic (exact) mass is 534 g/mol. The van der Waals surface area contributed by atoms with Crippen molar-refractivity contribution in [2.45, 2.75) is 88.6 Å². The van der Waals surface area contributed by atoms with Gasteiger partial charge in [0.25, 0.3) is 0 Å². The predicted molar refractivity (Wildman–Crippen MR) is 142 cm³/mol. The van der Waals surface area contributed by atoms with Gasteiger partial charge in [-0.05, 0) is 71.4 Å². The summed E-state index contributed by atoms with van der Waals surface area (Å²) >= 11 is 0. The van der Waals surface area contributed by atoms with Crippen molar-refractivity contribution in [3.63, 3.8) is 0 Å². The number of aldehydes is 1. The van der Waals surface area contributed by atoms with Gasteiger partial charge in [0, 0.05) is 18.9 Å². The minimum absolute atomic E-state index is 0.320. The molecule has 13 nitrogen and oxygen atoms in total. The standard InChI is InChI=1S/C25H42N8O5/c1-17(35)22(32-23(36)19(8-2-4-10-26)30-21-15-28-12-13-29-21)24(37)31-20(9-3-5-11-27)25(38)33-14-6-7-18(33)16-34/h12-13,15-20,22,35H,2-11,14,26-27H2,1H3,(H,29,30)(H,31,37)(H,32,36)/t17-,18+,19+,20+,22+/m1/s1. The average Bonchev–Trinajstić information content (AvgIpc) is 3.39. The van der Waals surface area contributed by atoms with Crippen molar-refractivity contribution in [3.8, 4) is 0 Å². The first-order valence-corrected chi connectivity index (χ1v) is 13.3. The lowest BCUT2D eigenvalue weighted by atomic mass is 10.0. The average molecular weight is 535 g/mol. The Hall–Kier alpha value is -3.16. The van der Waals surface area contributed by atoms with Gasteiger partial charge in [-0.1, -0.05) is 0 Å². The highest BCUT2D eigenvalue weighted by atomic mass is 16.3. The molecule has 1 aromatic heterocycles. The van der Waals surface area contributed by atoms with Crippen LogP contribution >= 0.6 is 0 Å². The van der Waals surface area contributed by atoms with Crippen LogP contribution in [0.1, 0.15) is 58.3 Å². The second-order valence-electron chi connectivity index (χ2n) is 9.52. The van der Waals surface area contributed by atoms with E-state index in [1.54, 1.807) is 0 Å². The van der Waals surface area contributed by atoms with Crippen molar-refractivity contribution in [2.24, 2.45) is 11.5 Å². The Balaban J connectivity index is 2.14. The van der Waals surface area contributed by atoms with Crippen LogP contribution in [0.2, 0.25) is 0 Å². The summed E-state index contributed by atoms with van der Waals surface area (Å²) in [4.78, 5) is 60.8. The summed E-state index contributed by atoms with van der Waals surface area (Å²) in [5, 5.41) is 18.7. The van der Waals surface area contributed by atoms with Crippen LogP contribution in [0.15, 0.2) is 18.6 Å². The van der Waals surface area contributed by atoms with Gasteiger partial charge >= 0.3 is 0 Å². The summed E-state index contributed by atoms with van der Waals surface area (Å²) in [5.74, 6) is -1.18. The Morgan fingerprint density at radius 1 is 1.08 bits per heavy atom. The third kappa shape index (κ3) is 9.62. The first kappa shape index (κ1) is 31.1. The summed E-state index contributed by atoms with van der Waals surface area (Å²) in [7, 11) is 0. The fourth-order valence-electron chi connectivity index (χ4n) is 4.39. The smallest absolute Gasteiger partial charge is 0.245 e. The molecule has 2 heterocycles. The Kier molecular flexibility index (Phi) is 13.6. The molecule has 0 bridgehead atoms. The molecule has 0 spiro atoms. The van der Waals surface area contributed by atoms with Gasteiger partial charge in [-0.2, -0.15) is 0 Å². The lowest BCUT2D eigenvalue weighted by Gasteiger charge is -2.29. The zero-order valence-electron chi connectivity index (χ0n) is 22.1. The lowest BCUT2D eigenvalue weighted by molar-refractivity contribution is -0.140. The molecule has 0 aliphatic carbocycles. The molecule has 5 atom stereocenters. The van der Waals surface area contributed by atoms with Gasteiger partial charge in [-0.3, -0.25) is 19.4 Å². The number of hydrogen-bond donors (Lipinski definition) is 6. The zero-order valence-corrected chi connectivity index (χ0v) is 22.1. The molecule has 0 radical (unpaired) electrons. The van der Waals surface area contributed by atoms with Crippen molar-refractivity contribution >= 4 is 29.8 Å². The number of anilines is 1. The number of likely N-dealkylation sites (tertiary alicyclic amines) is 1. The molecule has 1 saturated heterocycles. The molecule has 212 valence electrons. The quantitative estimate of drug-likeness (QED) is 0.107. The molecule has 1 aliphatic heterocycles. The van der Waals surface area contributed by atoms with Crippen LogP contribution < -0.4 is 27.4 Å². The molecule has 1 aromatic rings. The number of aromatic nitrogens is 2. The van der Waals surface area contributed by atoms with E-state index < -0.39 is 42.1 Å². The molecule has 8 N–H and O–H groups in total. The van der Waals surface area contributed by atoms with Crippen LogP contribution in [0.5, 0.6) is 0 Å². The van der Waals surface area contributed by atoms with E-state index in [0.29, 0.717) is 76.8 Å². The van der Waals surface area contributed by atoms with Crippen molar-refractivity contribution in [2.75, 3.05) is 25.0 Å². The molecule has 1 fully saturated rings. The number of carbonyl (C=O) groups excluding carboxylic acids is 4. The molecule has 0 unspecified atom stereocenters. The van der Waals surface area contributed by atoms with Crippen LogP contribution in [0.25, 0.3) is 0 Å². The van der Waals surface area contributed by atoms with E-state index in [9.17, 15) is 24.3 Å². The van der Waals surface area contributed by atoms with Crippen molar-refractivity contribution in [1.29, 1.82) is 0 Å². The number of aliphatic hydroxyl groups excluding tert-OH is 1. The second-order valence-corrected chi connectivity index (χ2v) is 9.52. The highest BCUT2D eigenvalue weighted by Gasteiger charge is 2.36. The maximum absolute atomic E-state index is 13.3. The number of carbonyl (C=O) groups is 4. The third-order valence-electron chi connectivity index (χ3n) is 6.51. The minimum Gasteiger partial charge on any atom is -0.391 e. The highest BCUT2D eigenvalue weighted by Crippen LogP contribution is 2.18. The lowest BCUT2D eigenvalue weighted by Crippen LogP contribution is -2.59. The number of nitrogens with two attached hydrogens (primary N) is 2. The number of unbranched alkanes of at least 4 members (excludes halogenated alkanes) is 2. The van der Waals surface area contributed by atoms with Crippen LogP contribution in [-0.4, -0.2) is 93.9 Å². The number of nitrogens with one attached hydrogen (secondary N) is 3. The Morgan fingerprint density at radius 2 is 1.76 bits per heavy atom. The molecule has 3 amide bonds. The second kappa shape index (κ2) is 16.6. The summed E-state index contributed by atoms with van der Waals surface area (Å²) in [6, 6.07) is -3.50. The number of amides is 3. The van der Waals surface area contributed by atoms with Gasteiger partial charge in [0.15, 0.2) is 0 Å². The van der Waals surface area contributed by atoms with E-state index in [-0.39, 0.29) is 5.91 Å². The third-order valence-corrected chi connectivity index (χ3v) is 6.51. The summed E-state index contributed by atoms with van der Waals surface area (Å²) in [6.45, 7) is 2.73. The summed E-state index contributed by atoms with van der Waals surface area (Å²) in [5.41, 5.74) is 11.2. The summed E-state index contributed by atoms with van der Waals surface area (Å²) < 4.78 is 0. The fourth-order valence-corrected chi connectivity index (χ4v) is 4.39. The largest absolute Gasteiger partial charge is 0.391 e. The summed E-state index contributed by atoms with van der Waals surface area (Å²) in [6.07, 6.45) is 8.59. The molecule has 38 heavy (non-hydrogen) atoms. The Morgan fingerprint density at radius 3 is 2.34 bits per heavy atom. The van der Waals surface area contributed by atoms with E-state index in [2.05, 4.69) is 25.9 Å². The molecule has 2 rings (SSSR count). The molecule has 13 heteroatoms. The van der Waals surface area contributed by atoms with Gasteiger partial charge in [-0.25, -0.2) is 4.98 Å². The fraction of sp³-hybridized carbons (Fsp3) is 0.680. The maximum atomic E-state index is 13.3. The van der Waals surface area contributed by atoms with Crippen molar-refractivity contribution < 1.29 is 24.3 Å². The topological polar surface area (TPSA) is 206 Å². The van der Waals surface area contributed by atoms with E-state index in [1.807, 2.05) is 0 Å². The van der Waals surface area contributed by atoms with E-state index >= 15 is 0 Å². The molecular formula is C25H42N8O5. The molecule has 0 saturated carbocycles.